The standard InChI is InChI=1S/C10H22N2O3S/c1-10(2,13)8-12-6-4-9(5-7-12)11-16(3,14)15/h9,11,13H,4-8H2,1-3H3. The third-order valence-electron chi connectivity index (χ3n) is 2.58. The third-order valence-corrected chi connectivity index (χ3v) is 3.34. The monoisotopic (exact) mass is 250 g/mol. The molecule has 0 saturated carbocycles. The summed E-state index contributed by atoms with van der Waals surface area (Å²) < 4.78 is 24.7. The van der Waals surface area contributed by atoms with E-state index in [4.69, 9.17) is 0 Å². The summed E-state index contributed by atoms with van der Waals surface area (Å²) in [5, 5.41) is 9.67. The molecule has 5 nitrogen and oxygen atoms in total. The Bertz CT molecular complexity index is 313. The van der Waals surface area contributed by atoms with Gasteiger partial charge in [0.2, 0.25) is 10.0 Å². The van der Waals surface area contributed by atoms with E-state index >= 15 is 0 Å². The van der Waals surface area contributed by atoms with Crippen LogP contribution in [0.15, 0.2) is 0 Å². The molecule has 1 fully saturated rings. The summed E-state index contributed by atoms with van der Waals surface area (Å²) in [5.41, 5.74) is -0.683. The summed E-state index contributed by atoms with van der Waals surface area (Å²) in [4.78, 5) is 2.17. The molecule has 0 aromatic rings. The average molecular weight is 250 g/mol. The van der Waals surface area contributed by atoms with Crippen LogP contribution in [0.1, 0.15) is 26.7 Å². The first kappa shape index (κ1) is 13.9. The number of rotatable bonds is 4. The topological polar surface area (TPSA) is 69.6 Å². The maximum atomic E-state index is 11.0. The van der Waals surface area contributed by atoms with Crippen LogP contribution in [0.25, 0.3) is 0 Å². The second kappa shape index (κ2) is 5.00. The fraction of sp³-hybridized carbons (Fsp3) is 1.00. The van der Waals surface area contributed by atoms with Gasteiger partial charge in [-0.3, -0.25) is 0 Å². The highest BCUT2D eigenvalue weighted by atomic mass is 32.2. The van der Waals surface area contributed by atoms with E-state index in [-0.39, 0.29) is 6.04 Å². The largest absolute Gasteiger partial charge is 0.389 e. The van der Waals surface area contributed by atoms with Gasteiger partial charge < -0.3 is 10.0 Å². The smallest absolute Gasteiger partial charge is 0.208 e. The number of hydrogen-bond acceptors (Lipinski definition) is 4. The van der Waals surface area contributed by atoms with Gasteiger partial charge in [0.05, 0.1) is 11.9 Å². The first-order valence-corrected chi connectivity index (χ1v) is 7.47. The molecule has 1 aliphatic heterocycles. The van der Waals surface area contributed by atoms with Crippen molar-refractivity contribution in [1.82, 2.24) is 9.62 Å². The minimum absolute atomic E-state index is 0.0491. The van der Waals surface area contributed by atoms with Gasteiger partial charge in [0, 0.05) is 12.6 Å². The second-order valence-electron chi connectivity index (χ2n) is 5.25. The van der Waals surface area contributed by atoms with Crippen molar-refractivity contribution >= 4 is 10.0 Å². The number of hydrogen-bond donors (Lipinski definition) is 2. The van der Waals surface area contributed by atoms with Crippen molar-refractivity contribution in [2.45, 2.75) is 38.3 Å². The summed E-state index contributed by atoms with van der Waals surface area (Å²) in [6.07, 6.45) is 2.81. The number of aliphatic hydroxyl groups is 1. The maximum Gasteiger partial charge on any atom is 0.208 e. The van der Waals surface area contributed by atoms with Gasteiger partial charge in [0.25, 0.3) is 0 Å². The van der Waals surface area contributed by atoms with E-state index in [2.05, 4.69) is 9.62 Å². The Labute approximate surface area is 97.9 Å². The van der Waals surface area contributed by atoms with E-state index in [1.165, 1.54) is 6.26 Å². The molecule has 0 spiro atoms. The molecule has 16 heavy (non-hydrogen) atoms. The fourth-order valence-electron chi connectivity index (χ4n) is 2.06. The van der Waals surface area contributed by atoms with E-state index < -0.39 is 15.6 Å². The average Bonchev–Trinajstić information content (AvgIpc) is 2.03. The lowest BCUT2D eigenvalue weighted by Crippen LogP contribution is -2.48. The predicted molar refractivity (Wildman–Crippen MR) is 63.7 cm³/mol. The van der Waals surface area contributed by atoms with Gasteiger partial charge in [-0.05, 0) is 39.8 Å². The van der Waals surface area contributed by atoms with Gasteiger partial charge in [-0.2, -0.15) is 0 Å². The highest BCUT2D eigenvalue weighted by molar-refractivity contribution is 7.88. The Balaban J connectivity index is 2.34. The number of likely N-dealkylation sites (tertiary alicyclic amines) is 1. The van der Waals surface area contributed by atoms with Crippen LogP contribution < -0.4 is 4.72 Å². The van der Waals surface area contributed by atoms with E-state index in [0.29, 0.717) is 6.54 Å². The van der Waals surface area contributed by atoms with E-state index in [9.17, 15) is 13.5 Å². The van der Waals surface area contributed by atoms with Gasteiger partial charge in [-0.25, -0.2) is 13.1 Å². The molecule has 1 aliphatic rings. The molecule has 1 heterocycles. The van der Waals surface area contributed by atoms with Crippen molar-refractivity contribution in [2.24, 2.45) is 0 Å². The molecule has 0 amide bonds. The van der Waals surface area contributed by atoms with Gasteiger partial charge in [-0.15, -0.1) is 0 Å². The first-order chi connectivity index (χ1) is 7.16. The minimum Gasteiger partial charge on any atom is -0.389 e. The third kappa shape index (κ3) is 5.79. The highest BCUT2D eigenvalue weighted by Crippen LogP contribution is 2.14. The van der Waals surface area contributed by atoms with Crippen molar-refractivity contribution in [3.63, 3.8) is 0 Å². The normalized spacial score (nSPS) is 21.2. The van der Waals surface area contributed by atoms with Gasteiger partial charge in [0.15, 0.2) is 0 Å². The van der Waals surface area contributed by atoms with E-state index in [0.717, 1.165) is 25.9 Å². The van der Waals surface area contributed by atoms with Crippen molar-refractivity contribution in [3.8, 4) is 0 Å². The van der Waals surface area contributed by atoms with E-state index in [1.807, 2.05) is 0 Å². The second-order valence-corrected chi connectivity index (χ2v) is 7.03. The molecule has 1 saturated heterocycles. The predicted octanol–water partition coefficient (Wildman–Crippen LogP) is -0.229. The Hall–Kier alpha value is -0.170. The van der Waals surface area contributed by atoms with Crippen LogP contribution in [0.3, 0.4) is 0 Å². The lowest BCUT2D eigenvalue weighted by Gasteiger charge is -2.35. The summed E-state index contributed by atoms with van der Waals surface area (Å²) in [6, 6.07) is 0.0491. The highest BCUT2D eigenvalue weighted by Gasteiger charge is 2.25. The van der Waals surface area contributed by atoms with Crippen molar-refractivity contribution < 1.29 is 13.5 Å². The molecule has 0 atom stereocenters. The Morgan fingerprint density at radius 1 is 1.38 bits per heavy atom. The van der Waals surface area contributed by atoms with Crippen LogP contribution in [0.2, 0.25) is 0 Å². The fourth-order valence-corrected chi connectivity index (χ4v) is 2.90. The maximum absolute atomic E-state index is 11.0. The van der Waals surface area contributed by atoms with E-state index in [1.54, 1.807) is 13.8 Å². The molecule has 0 radical (unpaired) electrons. The SMILES string of the molecule is CC(C)(O)CN1CCC(NS(C)(=O)=O)CC1. The number of nitrogens with zero attached hydrogens (tertiary/aromatic N) is 1. The van der Waals surface area contributed by atoms with Crippen LogP contribution in [0.4, 0.5) is 0 Å². The van der Waals surface area contributed by atoms with Crippen LogP contribution in [-0.4, -0.2) is 56.0 Å². The zero-order valence-corrected chi connectivity index (χ0v) is 11.0. The van der Waals surface area contributed by atoms with Crippen LogP contribution in [0, 0.1) is 0 Å². The summed E-state index contributed by atoms with van der Waals surface area (Å²) in [5.74, 6) is 0. The quantitative estimate of drug-likeness (QED) is 0.723. The minimum atomic E-state index is -3.09. The molecule has 2 N–H and O–H groups in total. The van der Waals surface area contributed by atoms with Crippen LogP contribution in [0.5, 0.6) is 0 Å². The molecule has 1 rings (SSSR count). The molecular weight excluding hydrogens is 228 g/mol. The Morgan fingerprint density at radius 3 is 2.25 bits per heavy atom. The van der Waals surface area contributed by atoms with Gasteiger partial charge in [0.1, 0.15) is 0 Å². The van der Waals surface area contributed by atoms with Crippen LogP contribution >= 0.6 is 0 Å². The molecule has 0 aromatic carbocycles. The van der Waals surface area contributed by atoms with Gasteiger partial charge >= 0.3 is 0 Å². The lowest BCUT2D eigenvalue weighted by molar-refractivity contribution is 0.0278. The molecule has 0 aromatic heterocycles. The first-order valence-electron chi connectivity index (χ1n) is 5.58. The summed E-state index contributed by atoms with van der Waals surface area (Å²) in [7, 11) is -3.09. The number of piperidine rings is 1. The zero-order chi connectivity index (χ0) is 12.4. The Morgan fingerprint density at radius 2 is 1.88 bits per heavy atom. The lowest BCUT2D eigenvalue weighted by atomic mass is 10.0. The molecule has 0 aliphatic carbocycles. The number of β-amino-alcohol motifs (C(OH)–C–C–N with tert-alkyl or cyclic N) is 1. The van der Waals surface area contributed by atoms with Crippen LogP contribution in [-0.2, 0) is 10.0 Å². The number of sulfonamides is 1. The molecular formula is C10H22N2O3S. The molecule has 96 valence electrons. The summed E-state index contributed by atoms with van der Waals surface area (Å²) in [6.45, 7) is 5.87. The summed E-state index contributed by atoms with van der Waals surface area (Å²) >= 11 is 0. The molecule has 6 heteroatoms. The zero-order valence-electron chi connectivity index (χ0n) is 10.2. The molecule has 0 bridgehead atoms. The Kier molecular flexibility index (Phi) is 4.34. The van der Waals surface area contributed by atoms with Crippen molar-refractivity contribution in [3.05, 3.63) is 0 Å². The van der Waals surface area contributed by atoms with Crippen molar-refractivity contribution in [2.75, 3.05) is 25.9 Å². The number of nitrogens with one attached hydrogen (secondary N) is 1. The molecule has 0 unspecified atom stereocenters. The van der Waals surface area contributed by atoms with Gasteiger partial charge in [-0.1, -0.05) is 0 Å². The van der Waals surface area contributed by atoms with Crippen molar-refractivity contribution in [1.29, 1.82) is 0 Å².